The summed E-state index contributed by atoms with van der Waals surface area (Å²) < 4.78 is 29.4. The second kappa shape index (κ2) is 11.4. The Labute approximate surface area is 228 Å². The molecule has 14 heteroatoms. The number of aromatic nitrogens is 2. The largest absolute Gasteiger partial charge is 0.463 e. The monoisotopic (exact) mass is 559 g/mol. The van der Waals surface area contributed by atoms with Gasteiger partial charge in [0.1, 0.15) is 18.4 Å². The number of nitrogens with zero attached hydrogens (tertiary/aromatic N) is 3. The van der Waals surface area contributed by atoms with Crippen LogP contribution in [0.25, 0.3) is 11.0 Å². The summed E-state index contributed by atoms with van der Waals surface area (Å²) in [6.45, 7) is 4.19. The molecule has 2 aromatic heterocycles. The predicted molar refractivity (Wildman–Crippen MR) is 132 cm³/mol. The lowest BCUT2D eigenvalue weighted by atomic mass is 9.97. The first-order valence-corrected chi connectivity index (χ1v) is 12.4. The Kier molecular flexibility index (Phi) is 8.18. The summed E-state index contributed by atoms with van der Waals surface area (Å²) in [6.07, 6.45) is -3.48. The van der Waals surface area contributed by atoms with E-state index in [-0.39, 0.29) is 12.3 Å². The Hall–Kier alpha value is -4.33. The molecule has 4 heterocycles. The average Bonchev–Trinajstić information content (AvgIpc) is 3.37. The fraction of sp³-hybridized carbons (Fsp3) is 0.500. The minimum atomic E-state index is -1.38. The van der Waals surface area contributed by atoms with Crippen LogP contribution in [0.3, 0.4) is 0 Å². The number of esters is 4. The van der Waals surface area contributed by atoms with Crippen molar-refractivity contribution in [1.82, 2.24) is 14.5 Å². The van der Waals surface area contributed by atoms with Crippen molar-refractivity contribution >= 4 is 46.7 Å². The minimum Gasteiger partial charge on any atom is -0.463 e. The van der Waals surface area contributed by atoms with Gasteiger partial charge in [-0.15, -0.1) is 0 Å². The summed E-state index contributed by atoms with van der Waals surface area (Å²) in [5.74, 6) is -4.43. The topological polar surface area (TPSA) is 170 Å². The van der Waals surface area contributed by atoms with E-state index in [1.165, 1.54) is 24.7 Å². The van der Waals surface area contributed by atoms with E-state index in [9.17, 15) is 28.8 Å². The first kappa shape index (κ1) is 28.7. The Balaban J connectivity index is 1.88. The van der Waals surface area contributed by atoms with E-state index < -0.39 is 73.0 Å². The molecule has 2 aliphatic heterocycles. The first-order chi connectivity index (χ1) is 18.9. The summed E-state index contributed by atoms with van der Waals surface area (Å²) in [5.41, 5.74) is 0.798. The lowest BCUT2D eigenvalue weighted by molar-refractivity contribution is -0.267. The van der Waals surface area contributed by atoms with E-state index in [1.54, 1.807) is 18.3 Å². The van der Waals surface area contributed by atoms with Crippen LogP contribution in [0.4, 0.5) is 0 Å². The number of imide groups is 1. The molecular formula is C26H29N3O11. The molecule has 2 unspecified atom stereocenters. The van der Waals surface area contributed by atoms with Gasteiger partial charge in [-0.2, -0.15) is 0 Å². The summed E-state index contributed by atoms with van der Waals surface area (Å²) in [4.78, 5) is 78.7. The zero-order valence-electron chi connectivity index (χ0n) is 22.5. The van der Waals surface area contributed by atoms with Gasteiger partial charge < -0.3 is 28.3 Å². The molecule has 0 aliphatic carbocycles. The van der Waals surface area contributed by atoms with Crippen LogP contribution in [-0.2, 0) is 52.5 Å². The SMILES string of the molecule is CC(=O)OC[C@H]1OC(n2cc(C3CC(=O)N(C)C3=O)c3cccnc32)[C@H](OC(C)=O)[C@@H](OC(C)=O)[C@@H]1OC(C)=O. The van der Waals surface area contributed by atoms with Gasteiger partial charge in [-0.25, -0.2) is 4.98 Å². The summed E-state index contributed by atoms with van der Waals surface area (Å²) in [6, 6.07) is 3.38. The maximum atomic E-state index is 12.9. The summed E-state index contributed by atoms with van der Waals surface area (Å²) in [5, 5.41) is 0.539. The Morgan fingerprint density at radius 3 is 2.15 bits per heavy atom. The molecule has 4 rings (SSSR count). The number of hydrogen-bond acceptors (Lipinski definition) is 12. The predicted octanol–water partition coefficient (Wildman–Crippen LogP) is 0.764. The second-order valence-corrected chi connectivity index (χ2v) is 9.50. The van der Waals surface area contributed by atoms with Crippen molar-refractivity contribution in [3.05, 3.63) is 30.1 Å². The number of fused-ring (bicyclic) bond motifs is 1. The number of hydrogen-bond donors (Lipinski definition) is 0. The highest BCUT2D eigenvalue weighted by atomic mass is 16.7. The number of amides is 2. The Bertz CT molecular complexity index is 1370. The lowest BCUT2D eigenvalue weighted by Gasteiger charge is -2.44. The van der Waals surface area contributed by atoms with Gasteiger partial charge in [0.2, 0.25) is 11.8 Å². The molecule has 2 saturated heterocycles. The third kappa shape index (κ3) is 5.66. The normalized spacial score (nSPS) is 26.5. The molecular weight excluding hydrogens is 530 g/mol. The van der Waals surface area contributed by atoms with Gasteiger partial charge in [0.25, 0.3) is 0 Å². The zero-order chi connectivity index (χ0) is 29.3. The zero-order valence-corrected chi connectivity index (χ0v) is 22.5. The quantitative estimate of drug-likeness (QED) is 0.266. The second-order valence-electron chi connectivity index (χ2n) is 9.50. The third-order valence-corrected chi connectivity index (χ3v) is 6.62. The van der Waals surface area contributed by atoms with Gasteiger partial charge in [-0.3, -0.25) is 33.7 Å². The van der Waals surface area contributed by atoms with Gasteiger partial charge in [-0.05, 0) is 17.7 Å². The van der Waals surface area contributed by atoms with E-state index >= 15 is 0 Å². The Morgan fingerprint density at radius 1 is 0.950 bits per heavy atom. The molecule has 14 nitrogen and oxygen atoms in total. The van der Waals surface area contributed by atoms with Crippen molar-refractivity contribution in [3.8, 4) is 0 Å². The number of carbonyl (C=O) groups excluding carboxylic acids is 6. The van der Waals surface area contributed by atoms with Crippen LogP contribution in [0.5, 0.6) is 0 Å². The number of pyridine rings is 1. The van der Waals surface area contributed by atoms with E-state index in [2.05, 4.69) is 4.98 Å². The molecule has 6 atom stereocenters. The molecule has 2 amide bonds. The highest BCUT2D eigenvalue weighted by molar-refractivity contribution is 6.07. The fourth-order valence-corrected chi connectivity index (χ4v) is 5.01. The van der Waals surface area contributed by atoms with Crippen LogP contribution in [0, 0.1) is 0 Å². The third-order valence-electron chi connectivity index (χ3n) is 6.62. The van der Waals surface area contributed by atoms with E-state index in [1.807, 2.05) is 0 Å². The van der Waals surface area contributed by atoms with Gasteiger partial charge in [-0.1, -0.05) is 0 Å². The van der Waals surface area contributed by atoms with Crippen molar-refractivity contribution < 1.29 is 52.5 Å². The maximum absolute atomic E-state index is 12.9. The minimum absolute atomic E-state index is 0.0537. The molecule has 0 spiro atoms. The van der Waals surface area contributed by atoms with Gasteiger partial charge in [0.05, 0.1) is 5.92 Å². The molecule has 40 heavy (non-hydrogen) atoms. The molecule has 0 bridgehead atoms. The van der Waals surface area contributed by atoms with Gasteiger partial charge in [0, 0.05) is 58.9 Å². The molecule has 0 aromatic carbocycles. The van der Waals surface area contributed by atoms with Gasteiger partial charge in [0.15, 0.2) is 24.5 Å². The summed E-state index contributed by atoms with van der Waals surface area (Å²) in [7, 11) is 1.40. The molecule has 2 aromatic rings. The molecule has 0 saturated carbocycles. The van der Waals surface area contributed by atoms with Gasteiger partial charge >= 0.3 is 23.9 Å². The van der Waals surface area contributed by atoms with Crippen LogP contribution in [0.15, 0.2) is 24.5 Å². The van der Waals surface area contributed by atoms with Crippen LogP contribution >= 0.6 is 0 Å². The van der Waals surface area contributed by atoms with Crippen LogP contribution < -0.4 is 0 Å². The van der Waals surface area contributed by atoms with Crippen molar-refractivity contribution in [2.24, 2.45) is 0 Å². The number of ether oxygens (including phenoxy) is 5. The first-order valence-electron chi connectivity index (χ1n) is 12.4. The number of carbonyl (C=O) groups is 6. The maximum Gasteiger partial charge on any atom is 0.303 e. The van der Waals surface area contributed by atoms with Crippen molar-refractivity contribution in [1.29, 1.82) is 0 Å². The highest BCUT2D eigenvalue weighted by Crippen LogP contribution is 2.40. The molecule has 0 N–H and O–H groups in total. The number of likely N-dealkylation sites (N-methyl/N-ethyl adjacent to an activating group) is 1. The van der Waals surface area contributed by atoms with Crippen LogP contribution in [0.1, 0.15) is 51.8 Å². The number of rotatable bonds is 7. The molecule has 0 radical (unpaired) electrons. The standard InChI is InChI=1S/C26H29N3O11/c1-12(30)36-11-19-21(37-13(2)31)22(38-14(3)32)23(39-15(4)33)26(40-19)29-10-18(16-7-6-8-27-24(16)29)17-9-20(34)28(5)25(17)35/h6-8,10,17,19,21-23,26H,9,11H2,1-5H3/t17?,19-,21-,22+,23-,26?/m1/s1. The number of likely N-dealkylation sites (tertiary alicyclic amines) is 1. The average molecular weight is 560 g/mol. The molecule has 2 aliphatic rings. The van der Waals surface area contributed by atoms with Crippen LogP contribution in [0.2, 0.25) is 0 Å². The van der Waals surface area contributed by atoms with Crippen molar-refractivity contribution in [2.45, 2.75) is 70.7 Å². The van der Waals surface area contributed by atoms with E-state index in [0.717, 1.165) is 25.7 Å². The van der Waals surface area contributed by atoms with E-state index in [4.69, 9.17) is 23.7 Å². The van der Waals surface area contributed by atoms with Crippen molar-refractivity contribution in [2.75, 3.05) is 13.7 Å². The van der Waals surface area contributed by atoms with E-state index in [0.29, 0.717) is 16.6 Å². The summed E-state index contributed by atoms with van der Waals surface area (Å²) >= 11 is 0. The smallest absolute Gasteiger partial charge is 0.303 e. The Morgan fingerprint density at radius 2 is 1.57 bits per heavy atom. The fourth-order valence-electron chi connectivity index (χ4n) is 5.01. The molecule has 2 fully saturated rings. The molecule has 214 valence electrons. The van der Waals surface area contributed by atoms with Crippen molar-refractivity contribution in [3.63, 3.8) is 0 Å². The van der Waals surface area contributed by atoms with Crippen LogP contribution in [-0.4, -0.2) is 88.2 Å². The lowest BCUT2D eigenvalue weighted by Crippen LogP contribution is -2.60. The highest BCUT2D eigenvalue weighted by Gasteiger charge is 2.53.